The van der Waals surface area contributed by atoms with Crippen LogP contribution in [0.1, 0.15) is 49.5 Å². The second kappa shape index (κ2) is 11.0. The number of hydrogen-bond donors (Lipinski definition) is 0. The Hall–Kier alpha value is -3.35. The average Bonchev–Trinajstić information content (AvgIpc) is 2.78. The summed E-state index contributed by atoms with van der Waals surface area (Å²) in [6.07, 6.45) is 0.965. The average molecular weight is 457 g/mol. The lowest BCUT2D eigenvalue weighted by Gasteiger charge is -2.19. The molecule has 0 fully saturated rings. The van der Waals surface area contributed by atoms with Gasteiger partial charge in [-0.1, -0.05) is 6.07 Å². The Labute approximate surface area is 193 Å². The maximum Gasteiger partial charge on any atom is 0.306 e. The largest absolute Gasteiger partial charge is 0.489 e. The van der Waals surface area contributed by atoms with Crippen LogP contribution in [0.2, 0.25) is 0 Å². The summed E-state index contributed by atoms with van der Waals surface area (Å²) in [5.41, 5.74) is 1.16. The van der Waals surface area contributed by atoms with Gasteiger partial charge in [0.05, 0.1) is 6.33 Å². The molecule has 0 saturated heterocycles. The third-order valence-electron chi connectivity index (χ3n) is 4.80. The zero-order valence-electron chi connectivity index (χ0n) is 19.2. The van der Waals surface area contributed by atoms with Gasteiger partial charge >= 0.3 is 5.97 Å². The number of hydrogen-bond acceptors (Lipinski definition) is 6. The van der Waals surface area contributed by atoms with Crippen molar-refractivity contribution in [2.75, 3.05) is 19.8 Å². The van der Waals surface area contributed by atoms with Crippen LogP contribution in [0.5, 0.6) is 17.2 Å². The van der Waals surface area contributed by atoms with Gasteiger partial charge in [-0.25, -0.2) is 4.39 Å². The van der Waals surface area contributed by atoms with E-state index in [0.717, 1.165) is 5.56 Å². The van der Waals surface area contributed by atoms with Gasteiger partial charge in [-0.2, -0.15) is 0 Å². The number of fused-ring (bicyclic) bond motifs is 1. The number of Topliss-reactive ketones (excluding diaryl/α,β-unsaturated/α-hetero) is 1. The Kier molecular flexibility index (Phi) is 8.09. The fourth-order valence-corrected chi connectivity index (χ4v) is 3.21. The molecule has 1 aliphatic heterocycles. The lowest BCUT2D eigenvalue weighted by Crippen LogP contribution is -2.23. The summed E-state index contributed by atoms with van der Waals surface area (Å²) in [6.45, 7) is 6.36. The van der Waals surface area contributed by atoms with Crippen LogP contribution in [0.4, 0.5) is 4.39 Å². The minimum absolute atomic E-state index is 0.00376. The molecular weight excluding hydrogens is 427 g/mol. The zero-order valence-corrected chi connectivity index (χ0v) is 19.2. The summed E-state index contributed by atoms with van der Waals surface area (Å²) in [6, 6.07) is 12.2. The van der Waals surface area contributed by atoms with E-state index in [0.29, 0.717) is 47.9 Å². The van der Waals surface area contributed by atoms with E-state index in [1.807, 2.05) is 18.2 Å². The van der Waals surface area contributed by atoms with Crippen LogP contribution in [0.3, 0.4) is 0 Å². The van der Waals surface area contributed by atoms with Gasteiger partial charge in [0, 0.05) is 18.4 Å². The van der Waals surface area contributed by atoms with E-state index in [4.69, 9.17) is 18.9 Å². The van der Waals surface area contributed by atoms with Gasteiger partial charge in [-0.3, -0.25) is 9.59 Å². The second-order valence-corrected chi connectivity index (χ2v) is 8.74. The number of halogens is 1. The van der Waals surface area contributed by atoms with E-state index < -0.39 is 5.60 Å². The Morgan fingerprint density at radius 3 is 2.36 bits per heavy atom. The third-order valence-corrected chi connectivity index (χ3v) is 4.80. The van der Waals surface area contributed by atoms with Crippen LogP contribution in [0.25, 0.3) is 0 Å². The van der Waals surface area contributed by atoms with Gasteiger partial charge < -0.3 is 18.9 Å². The molecule has 6 nitrogen and oxygen atoms in total. The van der Waals surface area contributed by atoms with Crippen LogP contribution in [0, 0.1) is 0 Å². The van der Waals surface area contributed by atoms with Gasteiger partial charge in [-0.05, 0) is 74.7 Å². The first-order valence-corrected chi connectivity index (χ1v) is 10.9. The molecule has 176 valence electrons. The van der Waals surface area contributed by atoms with Crippen molar-refractivity contribution >= 4 is 11.8 Å². The molecule has 7 heteroatoms. The number of ketones is 1. The molecule has 0 bridgehead atoms. The molecule has 3 rings (SSSR count). The minimum Gasteiger partial charge on any atom is -0.489 e. The van der Waals surface area contributed by atoms with Gasteiger partial charge in [0.1, 0.15) is 31.2 Å². The predicted octanol–water partition coefficient (Wildman–Crippen LogP) is 5.24. The lowest BCUT2D eigenvalue weighted by atomic mass is 10.0. The van der Waals surface area contributed by atoms with E-state index >= 15 is 0 Å². The highest BCUT2D eigenvalue weighted by atomic mass is 19.1. The Morgan fingerprint density at radius 1 is 1.00 bits per heavy atom. The number of esters is 1. The molecule has 0 saturated carbocycles. The lowest BCUT2D eigenvalue weighted by molar-refractivity contribution is -0.154. The first kappa shape index (κ1) is 24.3. The summed E-state index contributed by atoms with van der Waals surface area (Å²) in [5, 5.41) is 0. The summed E-state index contributed by atoms with van der Waals surface area (Å²) in [4.78, 5) is 24.4. The van der Waals surface area contributed by atoms with Crippen LogP contribution >= 0.6 is 0 Å². The van der Waals surface area contributed by atoms with E-state index in [1.54, 1.807) is 45.0 Å². The first-order chi connectivity index (χ1) is 15.7. The predicted molar refractivity (Wildman–Crippen MR) is 122 cm³/mol. The van der Waals surface area contributed by atoms with Crippen LogP contribution in [0.15, 0.2) is 54.4 Å². The molecule has 0 N–H and O–H groups in total. The molecule has 2 aromatic rings. The fourth-order valence-electron chi connectivity index (χ4n) is 3.21. The van der Waals surface area contributed by atoms with Crippen LogP contribution < -0.4 is 14.2 Å². The SMILES string of the molecule is CC(C)(C)OC(=O)CCC(=CF)COc1ccc(C(=O)Cc2ccc3c(c2)OCCO3)cc1. The first-order valence-electron chi connectivity index (χ1n) is 10.9. The molecule has 1 heterocycles. The number of carbonyl (C=O) groups excluding carboxylic acids is 2. The molecular formula is C26H29FO6. The van der Waals surface area contributed by atoms with Crippen molar-refractivity contribution in [1.29, 1.82) is 0 Å². The quantitative estimate of drug-likeness (QED) is 0.380. The molecule has 0 radical (unpaired) electrons. The molecule has 0 aliphatic carbocycles. The molecule has 0 atom stereocenters. The fraction of sp³-hybridized carbons (Fsp3) is 0.385. The molecule has 33 heavy (non-hydrogen) atoms. The van der Waals surface area contributed by atoms with Crippen molar-refractivity contribution < 1.29 is 32.9 Å². The van der Waals surface area contributed by atoms with Crippen molar-refractivity contribution in [2.45, 2.75) is 45.6 Å². The number of benzene rings is 2. The van der Waals surface area contributed by atoms with Gasteiger partial charge in [0.25, 0.3) is 0 Å². The van der Waals surface area contributed by atoms with Gasteiger partial charge in [0.2, 0.25) is 0 Å². The number of carbonyl (C=O) groups is 2. The van der Waals surface area contributed by atoms with E-state index in [-0.39, 0.29) is 37.6 Å². The molecule has 1 aliphatic rings. The number of rotatable bonds is 9. The maximum absolute atomic E-state index is 13.2. The van der Waals surface area contributed by atoms with Crippen molar-refractivity contribution in [1.82, 2.24) is 0 Å². The van der Waals surface area contributed by atoms with E-state index in [1.165, 1.54) is 0 Å². The van der Waals surface area contributed by atoms with Crippen molar-refractivity contribution in [3.8, 4) is 17.2 Å². The monoisotopic (exact) mass is 456 g/mol. The number of ether oxygens (including phenoxy) is 4. The van der Waals surface area contributed by atoms with Crippen LogP contribution in [-0.2, 0) is 16.0 Å². The van der Waals surface area contributed by atoms with Crippen molar-refractivity contribution in [3.05, 3.63) is 65.5 Å². The third kappa shape index (κ3) is 7.63. The highest BCUT2D eigenvalue weighted by Crippen LogP contribution is 2.31. The van der Waals surface area contributed by atoms with Crippen molar-refractivity contribution in [3.63, 3.8) is 0 Å². The topological polar surface area (TPSA) is 71.1 Å². The highest BCUT2D eigenvalue weighted by Gasteiger charge is 2.17. The molecule has 0 unspecified atom stereocenters. The Balaban J connectivity index is 1.49. The molecule has 0 spiro atoms. The summed E-state index contributed by atoms with van der Waals surface area (Å²) in [7, 11) is 0. The minimum atomic E-state index is -0.575. The van der Waals surface area contributed by atoms with E-state index in [2.05, 4.69) is 0 Å². The molecule has 0 amide bonds. The normalized spacial score (nSPS) is 13.4. The Bertz CT molecular complexity index is 1000. The summed E-state index contributed by atoms with van der Waals surface area (Å²) >= 11 is 0. The summed E-state index contributed by atoms with van der Waals surface area (Å²) < 4.78 is 35.1. The van der Waals surface area contributed by atoms with Gasteiger partial charge in [0.15, 0.2) is 17.3 Å². The van der Waals surface area contributed by atoms with Crippen molar-refractivity contribution in [2.24, 2.45) is 0 Å². The highest BCUT2D eigenvalue weighted by molar-refractivity contribution is 5.97. The zero-order chi connectivity index (χ0) is 23.8. The summed E-state index contributed by atoms with van der Waals surface area (Å²) in [5.74, 6) is 1.41. The second-order valence-electron chi connectivity index (χ2n) is 8.74. The van der Waals surface area contributed by atoms with Crippen LogP contribution in [-0.4, -0.2) is 37.2 Å². The maximum atomic E-state index is 13.2. The Morgan fingerprint density at radius 2 is 1.70 bits per heavy atom. The van der Waals surface area contributed by atoms with Gasteiger partial charge in [-0.15, -0.1) is 0 Å². The van der Waals surface area contributed by atoms with E-state index in [9.17, 15) is 14.0 Å². The molecule has 0 aromatic heterocycles. The molecule has 2 aromatic carbocycles. The standard InChI is InChI=1S/C26H29FO6/c1-26(2,3)33-25(29)11-5-19(16-27)17-32-21-8-6-20(7-9-21)22(28)14-18-4-10-23-24(15-18)31-13-12-30-23/h4,6-10,15-16H,5,11-14,17H2,1-3H3. The smallest absolute Gasteiger partial charge is 0.306 e.